The third-order valence-electron chi connectivity index (χ3n) is 2.26. The Morgan fingerprint density at radius 1 is 1.25 bits per heavy atom. The van der Waals surface area contributed by atoms with E-state index in [0.29, 0.717) is 15.8 Å². The van der Waals surface area contributed by atoms with E-state index >= 15 is 0 Å². The lowest BCUT2D eigenvalue weighted by atomic mass is 10.1. The highest BCUT2D eigenvalue weighted by molar-refractivity contribution is 6.33. The minimum atomic E-state index is -0.304. The summed E-state index contributed by atoms with van der Waals surface area (Å²) >= 11 is 12.0. The number of furan rings is 1. The maximum atomic E-state index is 6.09. The molecule has 0 spiro atoms. The van der Waals surface area contributed by atoms with Crippen LogP contribution in [0, 0.1) is 0 Å². The van der Waals surface area contributed by atoms with Crippen molar-refractivity contribution in [1.82, 2.24) is 5.43 Å². The van der Waals surface area contributed by atoms with Crippen LogP contribution in [0.4, 0.5) is 0 Å². The zero-order chi connectivity index (χ0) is 11.5. The summed E-state index contributed by atoms with van der Waals surface area (Å²) in [6, 6.07) is 8.52. The fourth-order valence-electron chi connectivity index (χ4n) is 1.52. The topological polar surface area (TPSA) is 51.2 Å². The van der Waals surface area contributed by atoms with Gasteiger partial charge >= 0.3 is 0 Å². The monoisotopic (exact) mass is 256 g/mol. The molecule has 3 N–H and O–H groups in total. The van der Waals surface area contributed by atoms with E-state index in [9.17, 15) is 0 Å². The van der Waals surface area contributed by atoms with Crippen LogP contribution in [-0.4, -0.2) is 0 Å². The van der Waals surface area contributed by atoms with Gasteiger partial charge in [-0.1, -0.05) is 23.2 Å². The van der Waals surface area contributed by atoms with Crippen molar-refractivity contribution >= 4 is 23.2 Å². The summed E-state index contributed by atoms with van der Waals surface area (Å²) in [5.41, 5.74) is 3.44. The second-order valence-corrected chi connectivity index (χ2v) is 4.12. The van der Waals surface area contributed by atoms with Crippen LogP contribution < -0.4 is 11.3 Å². The molecule has 84 valence electrons. The first-order valence-corrected chi connectivity index (χ1v) is 5.42. The van der Waals surface area contributed by atoms with Crippen molar-refractivity contribution < 1.29 is 4.42 Å². The number of halogens is 2. The van der Waals surface area contributed by atoms with Crippen molar-refractivity contribution in [3.8, 4) is 0 Å². The summed E-state index contributed by atoms with van der Waals surface area (Å²) < 4.78 is 5.29. The van der Waals surface area contributed by atoms with Crippen LogP contribution in [0.25, 0.3) is 0 Å². The molecule has 1 aromatic heterocycles. The predicted octanol–water partition coefficient (Wildman–Crippen LogP) is 3.14. The Kier molecular flexibility index (Phi) is 3.51. The largest absolute Gasteiger partial charge is 0.467 e. The molecule has 0 aliphatic rings. The second kappa shape index (κ2) is 4.89. The first-order chi connectivity index (χ1) is 7.72. The Bertz CT molecular complexity index is 471. The zero-order valence-corrected chi connectivity index (χ0v) is 9.79. The molecule has 1 atom stereocenters. The van der Waals surface area contributed by atoms with Gasteiger partial charge in [0.25, 0.3) is 0 Å². The maximum Gasteiger partial charge on any atom is 0.126 e. The molecular weight excluding hydrogens is 247 g/mol. The molecule has 1 aromatic carbocycles. The Labute approximate surface area is 103 Å². The summed E-state index contributed by atoms with van der Waals surface area (Å²) in [5.74, 6) is 6.19. The highest BCUT2D eigenvalue weighted by Gasteiger charge is 2.18. The van der Waals surface area contributed by atoms with Gasteiger partial charge in [-0.15, -0.1) is 0 Å². The number of hydrazine groups is 1. The minimum Gasteiger partial charge on any atom is -0.467 e. The molecule has 0 saturated heterocycles. The highest BCUT2D eigenvalue weighted by Crippen LogP contribution is 2.30. The van der Waals surface area contributed by atoms with Crippen LogP contribution in [0.15, 0.2) is 41.0 Å². The third kappa shape index (κ3) is 2.23. The van der Waals surface area contributed by atoms with E-state index in [2.05, 4.69) is 5.43 Å². The number of hydrogen-bond donors (Lipinski definition) is 2. The Hall–Kier alpha value is -1.000. The Morgan fingerprint density at radius 2 is 2.06 bits per heavy atom. The molecule has 0 bridgehead atoms. The molecular formula is C11H10Cl2N2O. The van der Waals surface area contributed by atoms with Gasteiger partial charge in [-0.3, -0.25) is 5.84 Å². The van der Waals surface area contributed by atoms with Gasteiger partial charge in [-0.05, 0) is 35.9 Å². The van der Waals surface area contributed by atoms with Crippen LogP contribution in [-0.2, 0) is 0 Å². The number of hydrogen-bond acceptors (Lipinski definition) is 3. The molecule has 1 unspecified atom stereocenters. The van der Waals surface area contributed by atoms with Gasteiger partial charge < -0.3 is 4.42 Å². The van der Waals surface area contributed by atoms with Gasteiger partial charge in [-0.2, -0.15) is 0 Å². The summed E-state index contributed by atoms with van der Waals surface area (Å²) in [6.45, 7) is 0. The lowest BCUT2D eigenvalue weighted by Crippen LogP contribution is -2.28. The molecule has 0 amide bonds. The van der Waals surface area contributed by atoms with Crippen molar-refractivity contribution in [3.05, 3.63) is 58.0 Å². The van der Waals surface area contributed by atoms with Crippen molar-refractivity contribution in [2.45, 2.75) is 6.04 Å². The molecule has 1 heterocycles. The summed E-state index contributed by atoms with van der Waals surface area (Å²) in [7, 11) is 0. The molecule has 16 heavy (non-hydrogen) atoms. The molecule has 2 rings (SSSR count). The van der Waals surface area contributed by atoms with Crippen LogP contribution in [0.1, 0.15) is 17.4 Å². The number of benzene rings is 1. The van der Waals surface area contributed by atoms with E-state index in [4.69, 9.17) is 33.5 Å². The van der Waals surface area contributed by atoms with E-state index in [1.54, 1.807) is 30.5 Å². The lowest BCUT2D eigenvalue weighted by Gasteiger charge is -2.15. The first kappa shape index (κ1) is 11.5. The van der Waals surface area contributed by atoms with Crippen LogP contribution in [0.3, 0.4) is 0 Å². The number of nitrogens with one attached hydrogen (secondary N) is 1. The lowest BCUT2D eigenvalue weighted by molar-refractivity contribution is 0.452. The van der Waals surface area contributed by atoms with Gasteiger partial charge in [0.1, 0.15) is 11.8 Å². The molecule has 5 heteroatoms. The molecule has 0 radical (unpaired) electrons. The van der Waals surface area contributed by atoms with Crippen LogP contribution >= 0.6 is 23.2 Å². The SMILES string of the molecule is NNC(c1ccco1)c1cc(Cl)ccc1Cl. The first-order valence-electron chi connectivity index (χ1n) is 4.67. The van der Waals surface area contributed by atoms with Gasteiger partial charge in [0.05, 0.1) is 6.26 Å². The normalized spacial score (nSPS) is 12.7. The van der Waals surface area contributed by atoms with Gasteiger partial charge in [-0.25, -0.2) is 5.43 Å². The zero-order valence-electron chi connectivity index (χ0n) is 8.28. The standard InChI is InChI=1S/C11H10Cl2N2O/c12-7-3-4-9(13)8(6-7)11(15-14)10-2-1-5-16-10/h1-6,11,15H,14H2. The molecule has 0 aliphatic heterocycles. The summed E-state index contributed by atoms with van der Waals surface area (Å²) in [6.07, 6.45) is 1.58. The molecule has 2 aromatic rings. The minimum absolute atomic E-state index is 0.304. The average Bonchev–Trinajstić information content (AvgIpc) is 2.78. The molecule has 0 aliphatic carbocycles. The van der Waals surface area contributed by atoms with Gasteiger partial charge in [0.15, 0.2) is 0 Å². The Balaban J connectivity index is 2.44. The molecule has 0 saturated carbocycles. The van der Waals surface area contributed by atoms with E-state index < -0.39 is 0 Å². The third-order valence-corrected chi connectivity index (χ3v) is 2.84. The fourth-order valence-corrected chi connectivity index (χ4v) is 1.92. The highest BCUT2D eigenvalue weighted by atomic mass is 35.5. The quantitative estimate of drug-likeness (QED) is 0.656. The van der Waals surface area contributed by atoms with Gasteiger partial charge in [0.2, 0.25) is 0 Å². The summed E-state index contributed by atoms with van der Waals surface area (Å²) in [4.78, 5) is 0. The summed E-state index contributed by atoms with van der Waals surface area (Å²) in [5, 5.41) is 1.19. The predicted molar refractivity (Wildman–Crippen MR) is 64.3 cm³/mol. The maximum absolute atomic E-state index is 6.09. The van der Waals surface area contributed by atoms with E-state index in [1.807, 2.05) is 6.07 Å². The van der Waals surface area contributed by atoms with Crippen LogP contribution in [0.5, 0.6) is 0 Å². The Morgan fingerprint density at radius 3 is 2.69 bits per heavy atom. The van der Waals surface area contributed by atoms with Crippen molar-refractivity contribution in [2.24, 2.45) is 5.84 Å². The number of nitrogens with two attached hydrogens (primary N) is 1. The van der Waals surface area contributed by atoms with E-state index in [0.717, 1.165) is 5.56 Å². The van der Waals surface area contributed by atoms with Crippen LogP contribution in [0.2, 0.25) is 10.0 Å². The molecule has 0 fully saturated rings. The molecule has 3 nitrogen and oxygen atoms in total. The van der Waals surface area contributed by atoms with Gasteiger partial charge in [0, 0.05) is 10.0 Å². The smallest absolute Gasteiger partial charge is 0.126 e. The fraction of sp³-hybridized carbons (Fsp3) is 0.0909. The second-order valence-electron chi connectivity index (χ2n) is 3.28. The average molecular weight is 257 g/mol. The van der Waals surface area contributed by atoms with E-state index in [-0.39, 0.29) is 6.04 Å². The van der Waals surface area contributed by atoms with Crippen molar-refractivity contribution in [1.29, 1.82) is 0 Å². The van der Waals surface area contributed by atoms with Crippen molar-refractivity contribution in [3.63, 3.8) is 0 Å². The number of rotatable bonds is 3. The van der Waals surface area contributed by atoms with Crippen molar-refractivity contribution in [2.75, 3.05) is 0 Å². The van der Waals surface area contributed by atoms with E-state index in [1.165, 1.54) is 0 Å².